The number of thiocarbonyl (C=S) groups is 1. The molecule has 1 fully saturated rings. The summed E-state index contributed by atoms with van der Waals surface area (Å²) in [6.07, 6.45) is 6.74. The first-order chi connectivity index (χ1) is 12.5. The summed E-state index contributed by atoms with van der Waals surface area (Å²) in [4.78, 5) is 24.5. The van der Waals surface area contributed by atoms with E-state index in [0.717, 1.165) is 48.3 Å². The average molecular weight is 395 g/mol. The summed E-state index contributed by atoms with van der Waals surface area (Å²) in [6, 6.07) is 4.05. The van der Waals surface area contributed by atoms with Crippen LogP contribution in [0.1, 0.15) is 51.6 Å². The molecule has 142 valence electrons. The summed E-state index contributed by atoms with van der Waals surface area (Å²) in [7, 11) is 0. The van der Waals surface area contributed by atoms with Gasteiger partial charge in [0.15, 0.2) is 0 Å². The standard InChI is InChI=1S/C19H26N2O3S2/c1-3-5-13-24-16(22)10-12-21-11-6-7-15(21)9-8-14(4-2)17-18(23)20-19(25)26-17/h6-7,11H,3-5,8-10,12-13H2,1-2H3,(H,20,23,25)/b17-14+. The highest BCUT2D eigenvalue weighted by atomic mass is 32.2. The monoisotopic (exact) mass is 394 g/mol. The number of nitrogens with zero attached hydrogens (tertiary/aromatic N) is 1. The van der Waals surface area contributed by atoms with Gasteiger partial charge in [-0.2, -0.15) is 0 Å². The van der Waals surface area contributed by atoms with Crippen molar-refractivity contribution in [3.05, 3.63) is 34.5 Å². The Bertz CT molecular complexity index is 695. The van der Waals surface area contributed by atoms with E-state index in [-0.39, 0.29) is 11.9 Å². The van der Waals surface area contributed by atoms with E-state index < -0.39 is 0 Å². The number of amides is 1. The third-order valence-electron chi connectivity index (χ3n) is 4.29. The van der Waals surface area contributed by atoms with Crippen LogP contribution in [0.3, 0.4) is 0 Å². The van der Waals surface area contributed by atoms with Gasteiger partial charge in [0.05, 0.1) is 17.9 Å². The lowest BCUT2D eigenvalue weighted by Crippen LogP contribution is -2.18. The predicted molar refractivity (Wildman–Crippen MR) is 109 cm³/mol. The lowest BCUT2D eigenvalue weighted by atomic mass is 10.1. The molecule has 0 aliphatic carbocycles. The Kier molecular flexibility index (Phi) is 8.38. The third-order valence-corrected chi connectivity index (χ3v) is 5.61. The zero-order chi connectivity index (χ0) is 18.9. The highest BCUT2D eigenvalue weighted by Gasteiger charge is 2.25. The molecule has 1 aliphatic heterocycles. The molecular weight excluding hydrogens is 368 g/mol. The van der Waals surface area contributed by atoms with Gasteiger partial charge < -0.3 is 14.6 Å². The van der Waals surface area contributed by atoms with E-state index in [1.54, 1.807) is 0 Å². The Morgan fingerprint density at radius 1 is 1.35 bits per heavy atom. The van der Waals surface area contributed by atoms with Crippen LogP contribution in [0.5, 0.6) is 0 Å². The molecule has 0 atom stereocenters. The van der Waals surface area contributed by atoms with Crippen molar-refractivity contribution in [1.82, 2.24) is 9.88 Å². The molecule has 2 heterocycles. The number of allylic oxidation sites excluding steroid dienone is 1. The predicted octanol–water partition coefficient (Wildman–Crippen LogP) is 3.97. The maximum Gasteiger partial charge on any atom is 0.307 e. The number of hydrogen-bond donors (Lipinski definition) is 1. The summed E-state index contributed by atoms with van der Waals surface area (Å²) >= 11 is 6.42. The van der Waals surface area contributed by atoms with E-state index in [2.05, 4.69) is 29.8 Å². The summed E-state index contributed by atoms with van der Waals surface area (Å²) in [5, 5.41) is 2.68. The van der Waals surface area contributed by atoms with Crippen LogP contribution in [0.15, 0.2) is 28.8 Å². The fraction of sp³-hybridized carbons (Fsp3) is 0.526. The van der Waals surface area contributed by atoms with Gasteiger partial charge in [-0.3, -0.25) is 9.59 Å². The summed E-state index contributed by atoms with van der Waals surface area (Å²) in [5.41, 5.74) is 2.28. The van der Waals surface area contributed by atoms with E-state index in [1.807, 2.05) is 12.3 Å². The second kappa shape index (κ2) is 10.5. The van der Waals surface area contributed by atoms with Gasteiger partial charge >= 0.3 is 5.97 Å². The molecule has 1 aromatic rings. The second-order valence-corrected chi connectivity index (χ2v) is 7.83. The maximum absolute atomic E-state index is 12.0. The minimum Gasteiger partial charge on any atom is -0.466 e. The van der Waals surface area contributed by atoms with Gasteiger partial charge in [-0.1, -0.05) is 49.8 Å². The van der Waals surface area contributed by atoms with E-state index >= 15 is 0 Å². The quantitative estimate of drug-likeness (QED) is 0.282. The molecule has 26 heavy (non-hydrogen) atoms. The molecule has 1 aliphatic rings. The Balaban J connectivity index is 1.90. The highest BCUT2D eigenvalue weighted by molar-refractivity contribution is 8.26. The number of rotatable bonds is 10. The highest BCUT2D eigenvalue weighted by Crippen LogP contribution is 2.30. The van der Waals surface area contributed by atoms with Gasteiger partial charge in [0.25, 0.3) is 5.91 Å². The number of carbonyl (C=O) groups is 2. The number of unbranched alkanes of at least 4 members (excludes halogenated alkanes) is 1. The molecule has 0 radical (unpaired) electrons. The molecule has 0 spiro atoms. The normalized spacial score (nSPS) is 15.9. The molecule has 0 bridgehead atoms. The number of aromatic nitrogens is 1. The van der Waals surface area contributed by atoms with Crippen molar-refractivity contribution < 1.29 is 14.3 Å². The number of aryl methyl sites for hydroxylation is 2. The molecule has 7 heteroatoms. The van der Waals surface area contributed by atoms with Gasteiger partial charge in [0.2, 0.25) is 0 Å². The fourth-order valence-electron chi connectivity index (χ4n) is 2.79. The third kappa shape index (κ3) is 5.99. The molecule has 1 amide bonds. The molecule has 1 saturated heterocycles. The van der Waals surface area contributed by atoms with Crippen LogP contribution in [-0.4, -0.2) is 27.4 Å². The zero-order valence-electron chi connectivity index (χ0n) is 15.4. The van der Waals surface area contributed by atoms with Gasteiger partial charge in [-0.15, -0.1) is 0 Å². The minimum atomic E-state index is -0.151. The molecule has 0 saturated carbocycles. The molecule has 0 unspecified atom stereocenters. The van der Waals surface area contributed by atoms with Crippen molar-refractivity contribution in [1.29, 1.82) is 0 Å². The molecule has 0 aromatic carbocycles. The lowest BCUT2D eigenvalue weighted by Gasteiger charge is -2.11. The summed E-state index contributed by atoms with van der Waals surface area (Å²) < 4.78 is 7.82. The number of hydrogen-bond acceptors (Lipinski definition) is 5. The SMILES string of the molecule is CCCCOC(=O)CCn1cccc1CC/C(CC)=C1/SC(=S)NC1=O. The van der Waals surface area contributed by atoms with Crippen molar-refractivity contribution in [2.24, 2.45) is 0 Å². The number of esters is 1. The average Bonchev–Trinajstić information content (AvgIpc) is 3.20. The van der Waals surface area contributed by atoms with Crippen LogP contribution in [0.4, 0.5) is 0 Å². The van der Waals surface area contributed by atoms with Crippen LogP contribution >= 0.6 is 24.0 Å². The fourth-order valence-corrected chi connectivity index (χ4v) is 3.99. The summed E-state index contributed by atoms with van der Waals surface area (Å²) in [5.74, 6) is -0.232. The van der Waals surface area contributed by atoms with Crippen LogP contribution in [0.25, 0.3) is 0 Å². The number of nitrogens with one attached hydrogen (secondary N) is 1. The van der Waals surface area contributed by atoms with Crippen molar-refractivity contribution in [2.75, 3.05) is 6.61 Å². The van der Waals surface area contributed by atoms with Gasteiger partial charge in [-0.05, 0) is 37.8 Å². The van der Waals surface area contributed by atoms with E-state index in [4.69, 9.17) is 17.0 Å². The topological polar surface area (TPSA) is 60.3 Å². The Labute approximate surface area is 164 Å². The van der Waals surface area contributed by atoms with Crippen LogP contribution in [0, 0.1) is 0 Å². The lowest BCUT2D eigenvalue weighted by molar-refractivity contribution is -0.144. The van der Waals surface area contributed by atoms with Crippen molar-refractivity contribution in [2.45, 2.75) is 58.9 Å². The van der Waals surface area contributed by atoms with Gasteiger partial charge in [0.1, 0.15) is 4.32 Å². The van der Waals surface area contributed by atoms with Crippen molar-refractivity contribution in [3.63, 3.8) is 0 Å². The van der Waals surface area contributed by atoms with Gasteiger partial charge in [-0.25, -0.2) is 0 Å². The largest absolute Gasteiger partial charge is 0.466 e. The van der Waals surface area contributed by atoms with E-state index in [1.165, 1.54) is 11.8 Å². The van der Waals surface area contributed by atoms with E-state index in [9.17, 15) is 9.59 Å². The number of thioether (sulfide) groups is 1. The zero-order valence-corrected chi connectivity index (χ0v) is 17.0. The minimum absolute atomic E-state index is 0.0814. The van der Waals surface area contributed by atoms with Crippen molar-refractivity contribution in [3.8, 4) is 0 Å². The Morgan fingerprint density at radius 2 is 2.15 bits per heavy atom. The van der Waals surface area contributed by atoms with Crippen LogP contribution in [0.2, 0.25) is 0 Å². The Hall–Kier alpha value is -1.60. The number of carbonyl (C=O) groups excluding carboxylic acids is 2. The second-order valence-electron chi connectivity index (χ2n) is 6.15. The van der Waals surface area contributed by atoms with Gasteiger partial charge in [0, 0.05) is 18.4 Å². The van der Waals surface area contributed by atoms with Crippen LogP contribution < -0.4 is 5.32 Å². The first-order valence-corrected chi connectivity index (χ1v) is 10.3. The van der Waals surface area contributed by atoms with Crippen molar-refractivity contribution >= 4 is 40.2 Å². The van der Waals surface area contributed by atoms with E-state index in [0.29, 0.717) is 23.9 Å². The first kappa shape index (κ1) is 20.7. The maximum atomic E-state index is 12.0. The molecule has 1 N–H and O–H groups in total. The smallest absolute Gasteiger partial charge is 0.307 e. The molecule has 2 rings (SSSR count). The summed E-state index contributed by atoms with van der Waals surface area (Å²) in [6.45, 7) is 5.25. The molecular formula is C19H26N2O3S2. The number of ether oxygens (including phenoxy) is 1. The molecule has 5 nitrogen and oxygen atoms in total. The molecule has 1 aromatic heterocycles. The Morgan fingerprint density at radius 3 is 2.81 bits per heavy atom. The van der Waals surface area contributed by atoms with Crippen LogP contribution in [-0.2, 0) is 27.3 Å². The first-order valence-electron chi connectivity index (χ1n) is 9.10.